The van der Waals surface area contributed by atoms with Gasteiger partial charge in [-0.15, -0.1) is 0 Å². The van der Waals surface area contributed by atoms with Crippen molar-refractivity contribution < 1.29 is 0 Å². The molecule has 11 aromatic carbocycles. The molecule has 2 heterocycles. The van der Waals surface area contributed by atoms with Crippen LogP contribution in [0.5, 0.6) is 0 Å². The Balaban J connectivity index is 0.855. The average Bonchev–Trinajstić information content (AvgIpc) is 3.94. The Hall–Kier alpha value is -8.98. The van der Waals surface area contributed by atoms with Crippen LogP contribution in [0.3, 0.4) is 0 Å². The van der Waals surface area contributed by atoms with Crippen molar-refractivity contribution >= 4 is 43.6 Å². The van der Waals surface area contributed by atoms with Gasteiger partial charge in [-0.2, -0.15) is 0 Å². The lowest BCUT2D eigenvalue weighted by Gasteiger charge is -2.13. The third-order valence-electron chi connectivity index (χ3n) is 13.7. The highest BCUT2D eigenvalue weighted by molar-refractivity contribution is 6.12. The van der Waals surface area contributed by atoms with E-state index in [2.05, 4.69) is 276 Å². The molecule has 68 heavy (non-hydrogen) atoms. The predicted octanol–water partition coefficient (Wildman–Crippen LogP) is 17.9. The fraction of sp³-hybridized carbons (Fsp3) is 0. The molecule has 0 radical (unpaired) electrons. The summed E-state index contributed by atoms with van der Waals surface area (Å²) in [5.41, 5.74) is 21.5. The molecule has 318 valence electrons. The van der Waals surface area contributed by atoms with Gasteiger partial charge in [0.25, 0.3) is 0 Å². The topological polar surface area (TPSA) is 9.86 Å². The van der Waals surface area contributed by atoms with Crippen molar-refractivity contribution in [3.63, 3.8) is 0 Å². The van der Waals surface area contributed by atoms with Crippen LogP contribution in [0.25, 0.3) is 122 Å². The summed E-state index contributed by atoms with van der Waals surface area (Å²) in [4.78, 5) is 0. The van der Waals surface area contributed by atoms with E-state index in [1.54, 1.807) is 0 Å². The van der Waals surface area contributed by atoms with Crippen molar-refractivity contribution in [3.05, 3.63) is 267 Å². The number of rotatable bonds is 8. The Bertz CT molecular complexity index is 3910. The summed E-state index contributed by atoms with van der Waals surface area (Å²) in [5, 5.41) is 4.96. The Morgan fingerprint density at radius 1 is 0.162 bits per heavy atom. The van der Waals surface area contributed by atoms with Crippen LogP contribution >= 0.6 is 0 Å². The van der Waals surface area contributed by atoms with Crippen LogP contribution in [-0.4, -0.2) is 9.13 Å². The molecule has 0 aliphatic heterocycles. The number of nitrogens with zero attached hydrogens (tertiary/aromatic N) is 2. The highest BCUT2D eigenvalue weighted by Gasteiger charge is 2.17. The Labute approximate surface area is 395 Å². The molecule has 0 bridgehead atoms. The molecule has 0 amide bonds. The van der Waals surface area contributed by atoms with Gasteiger partial charge in [-0.1, -0.05) is 182 Å². The number of hydrogen-bond acceptors (Lipinski definition) is 0. The zero-order chi connectivity index (χ0) is 45.0. The van der Waals surface area contributed by atoms with Crippen molar-refractivity contribution in [2.24, 2.45) is 0 Å². The molecule has 2 heteroatoms. The van der Waals surface area contributed by atoms with E-state index in [4.69, 9.17) is 0 Å². The molecule has 0 aliphatic rings. The fourth-order valence-corrected chi connectivity index (χ4v) is 10.4. The summed E-state index contributed by atoms with van der Waals surface area (Å²) in [6.45, 7) is 0. The van der Waals surface area contributed by atoms with Crippen molar-refractivity contribution in [1.29, 1.82) is 0 Å². The largest absolute Gasteiger partial charge is 0.309 e. The minimum absolute atomic E-state index is 1.14. The van der Waals surface area contributed by atoms with Crippen molar-refractivity contribution in [3.8, 4) is 78.1 Å². The lowest BCUT2D eigenvalue weighted by molar-refractivity contribution is 1.18. The summed E-state index contributed by atoms with van der Waals surface area (Å²) in [5.74, 6) is 0. The standard InChI is InChI=1S/C66H44N2/c1-4-15-45(16-5-1)50-21-14-22-51(39-50)48-27-33-57(34-28-48)67-63-25-12-10-23-59(63)61-43-52(31-37-65(61)67)53-32-38-66-62(44-53)60-24-11-13-26-64(60)68(66)58-35-29-49(30-36-58)56-41-54(46-17-6-2-7-18-46)40-55(42-56)47-19-8-3-9-20-47/h1-44H. The molecule has 0 aliphatic carbocycles. The first kappa shape index (κ1) is 39.4. The first-order chi connectivity index (χ1) is 33.7. The van der Waals surface area contributed by atoms with E-state index >= 15 is 0 Å². The lowest BCUT2D eigenvalue weighted by atomic mass is 9.93. The second-order valence-corrected chi connectivity index (χ2v) is 17.7. The summed E-state index contributed by atoms with van der Waals surface area (Å²) in [7, 11) is 0. The highest BCUT2D eigenvalue weighted by atomic mass is 15.0. The van der Waals surface area contributed by atoms with Crippen LogP contribution < -0.4 is 0 Å². The Morgan fingerprint density at radius 3 is 0.868 bits per heavy atom. The van der Waals surface area contributed by atoms with E-state index in [9.17, 15) is 0 Å². The maximum Gasteiger partial charge on any atom is 0.0541 e. The maximum atomic E-state index is 2.41. The van der Waals surface area contributed by atoms with E-state index in [0.29, 0.717) is 0 Å². The highest BCUT2D eigenvalue weighted by Crippen LogP contribution is 2.40. The zero-order valence-electron chi connectivity index (χ0n) is 37.3. The minimum Gasteiger partial charge on any atom is -0.309 e. The van der Waals surface area contributed by atoms with Crippen LogP contribution in [-0.2, 0) is 0 Å². The number of fused-ring (bicyclic) bond motifs is 6. The quantitative estimate of drug-likeness (QED) is 0.144. The van der Waals surface area contributed by atoms with Gasteiger partial charge in [0.1, 0.15) is 0 Å². The van der Waals surface area contributed by atoms with Crippen molar-refractivity contribution in [2.75, 3.05) is 0 Å². The number of benzene rings is 11. The van der Waals surface area contributed by atoms with Gasteiger partial charge in [-0.25, -0.2) is 0 Å². The third-order valence-corrected chi connectivity index (χ3v) is 13.7. The van der Waals surface area contributed by atoms with E-state index in [-0.39, 0.29) is 0 Å². The molecule has 0 unspecified atom stereocenters. The van der Waals surface area contributed by atoms with Crippen LogP contribution in [0, 0.1) is 0 Å². The van der Waals surface area contributed by atoms with Gasteiger partial charge in [0.05, 0.1) is 22.1 Å². The second-order valence-electron chi connectivity index (χ2n) is 17.7. The first-order valence-corrected chi connectivity index (χ1v) is 23.4. The van der Waals surface area contributed by atoms with Crippen molar-refractivity contribution in [1.82, 2.24) is 9.13 Å². The zero-order valence-corrected chi connectivity index (χ0v) is 37.3. The smallest absolute Gasteiger partial charge is 0.0541 e. The van der Waals surface area contributed by atoms with E-state index < -0.39 is 0 Å². The van der Waals surface area contributed by atoms with Gasteiger partial charge < -0.3 is 9.13 Å². The van der Waals surface area contributed by atoms with E-state index in [0.717, 1.165) is 11.4 Å². The van der Waals surface area contributed by atoms with Gasteiger partial charge >= 0.3 is 0 Å². The van der Waals surface area contributed by atoms with Crippen LogP contribution in [0.2, 0.25) is 0 Å². The van der Waals surface area contributed by atoms with Crippen LogP contribution in [0.4, 0.5) is 0 Å². The van der Waals surface area contributed by atoms with Crippen LogP contribution in [0.1, 0.15) is 0 Å². The first-order valence-electron chi connectivity index (χ1n) is 23.4. The number of aromatic nitrogens is 2. The molecule has 0 atom stereocenters. The number of hydrogen-bond donors (Lipinski definition) is 0. The average molecular weight is 865 g/mol. The number of para-hydroxylation sites is 2. The van der Waals surface area contributed by atoms with Gasteiger partial charge in [-0.3, -0.25) is 0 Å². The van der Waals surface area contributed by atoms with Gasteiger partial charge in [0.15, 0.2) is 0 Å². The van der Waals surface area contributed by atoms with Gasteiger partial charge in [0.2, 0.25) is 0 Å². The van der Waals surface area contributed by atoms with E-state index in [1.165, 1.54) is 110 Å². The molecule has 0 saturated carbocycles. The summed E-state index contributed by atoms with van der Waals surface area (Å²) in [6, 6.07) is 97.4. The molecule has 2 aromatic heterocycles. The van der Waals surface area contributed by atoms with Crippen molar-refractivity contribution in [2.45, 2.75) is 0 Å². The fourth-order valence-electron chi connectivity index (χ4n) is 10.4. The van der Waals surface area contributed by atoms with Gasteiger partial charge in [-0.05, 0) is 152 Å². The maximum absolute atomic E-state index is 2.41. The monoisotopic (exact) mass is 864 g/mol. The molecule has 2 nitrogen and oxygen atoms in total. The molecule has 0 saturated heterocycles. The molecule has 13 rings (SSSR count). The Morgan fingerprint density at radius 2 is 0.441 bits per heavy atom. The molecule has 0 N–H and O–H groups in total. The second kappa shape index (κ2) is 16.5. The summed E-state index contributed by atoms with van der Waals surface area (Å²) < 4.78 is 4.82. The molecule has 0 fully saturated rings. The normalized spacial score (nSPS) is 11.5. The third kappa shape index (κ3) is 6.90. The van der Waals surface area contributed by atoms with Crippen LogP contribution in [0.15, 0.2) is 267 Å². The Kier molecular flexibility index (Phi) is 9.54. The molecule has 13 aromatic rings. The molecule has 0 spiro atoms. The van der Waals surface area contributed by atoms with E-state index in [1.807, 2.05) is 0 Å². The SMILES string of the molecule is c1ccc(-c2cccc(-c3ccc(-n4c5ccccc5c5cc(-c6ccc7c(c6)c6ccccc6n7-c6ccc(-c7cc(-c8ccccc8)cc(-c8ccccc8)c7)cc6)ccc54)cc3)c2)cc1. The van der Waals surface area contributed by atoms with Gasteiger partial charge in [0, 0.05) is 32.9 Å². The summed E-state index contributed by atoms with van der Waals surface area (Å²) >= 11 is 0. The summed E-state index contributed by atoms with van der Waals surface area (Å²) in [6.07, 6.45) is 0. The molecular formula is C66H44N2. The predicted molar refractivity (Wildman–Crippen MR) is 288 cm³/mol. The molecular weight excluding hydrogens is 821 g/mol. The minimum atomic E-state index is 1.14. The lowest BCUT2D eigenvalue weighted by Crippen LogP contribution is -1.94.